The Morgan fingerprint density at radius 2 is 2.16 bits per heavy atom. The van der Waals surface area contributed by atoms with Crippen LogP contribution in [-0.2, 0) is 4.79 Å². The van der Waals surface area contributed by atoms with Crippen LogP contribution in [-0.4, -0.2) is 17.8 Å². The summed E-state index contributed by atoms with van der Waals surface area (Å²) in [6.07, 6.45) is 3.14. The van der Waals surface area contributed by atoms with Crippen molar-refractivity contribution in [2.75, 3.05) is 5.32 Å². The zero-order chi connectivity index (χ0) is 13.8. The van der Waals surface area contributed by atoms with Gasteiger partial charge in [-0.15, -0.1) is 0 Å². The van der Waals surface area contributed by atoms with Gasteiger partial charge < -0.3 is 10.1 Å². The van der Waals surface area contributed by atoms with Crippen LogP contribution in [0.1, 0.15) is 49.9 Å². The zero-order valence-electron chi connectivity index (χ0n) is 11.4. The molecule has 1 aromatic carbocycles. The lowest BCUT2D eigenvalue weighted by molar-refractivity contribution is -0.122. The third-order valence-electron chi connectivity index (χ3n) is 3.24. The highest BCUT2D eigenvalue weighted by Gasteiger charge is 2.24. The fraction of sp³-hybridized carbons (Fsp3) is 0.467. The smallest absolute Gasteiger partial charge is 0.265 e. The Labute approximate surface area is 113 Å². The van der Waals surface area contributed by atoms with Crippen LogP contribution < -0.4 is 10.1 Å². The Bertz CT molecular complexity index is 496. The maximum Gasteiger partial charge on any atom is 0.265 e. The molecule has 0 aromatic heterocycles. The van der Waals surface area contributed by atoms with Crippen LogP contribution in [0.5, 0.6) is 5.75 Å². The van der Waals surface area contributed by atoms with E-state index in [1.807, 2.05) is 0 Å². The van der Waals surface area contributed by atoms with Crippen molar-refractivity contribution in [3.63, 3.8) is 0 Å². The topological polar surface area (TPSA) is 55.4 Å². The normalized spacial score (nSPS) is 17.4. The zero-order valence-corrected chi connectivity index (χ0v) is 11.4. The summed E-state index contributed by atoms with van der Waals surface area (Å²) in [5, 5.41) is 2.76. The number of Topliss-reactive ketones (excluding diaryl/α,β-unsaturated/α-hetero) is 1. The number of unbranched alkanes of at least 4 members (excludes halogenated alkanes) is 2. The molecule has 1 N–H and O–H groups in total. The van der Waals surface area contributed by atoms with Gasteiger partial charge in [0.2, 0.25) is 0 Å². The Balaban J connectivity index is 2.10. The van der Waals surface area contributed by atoms with Gasteiger partial charge in [-0.05, 0) is 31.5 Å². The molecular weight excluding hydrogens is 242 g/mol. The highest BCUT2D eigenvalue weighted by molar-refractivity contribution is 6.01. The average Bonchev–Trinajstić information content (AvgIpc) is 2.40. The molecule has 1 aromatic rings. The summed E-state index contributed by atoms with van der Waals surface area (Å²) in [6.45, 7) is 3.81. The molecule has 4 heteroatoms. The minimum absolute atomic E-state index is 0.115. The van der Waals surface area contributed by atoms with Crippen LogP contribution in [0, 0.1) is 0 Å². The van der Waals surface area contributed by atoms with Crippen molar-refractivity contribution in [2.24, 2.45) is 0 Å². The standard InChI is InChI=1S/C15H19NO3/c1-3-4-5-6-13(17)11-7-8-14-12(9-11)16-15(18)10(2)19-14/h7-10H,3-6H2,1-2H3,(H,16,18). The Kier molecular flexibility index (Phi) is 4.20. The van der Waals surface area contributed by atoms with Crippen LogP contribution in [0.25, 0.3) is 0 Å². The molecular formula is C15H19NO3. The summed E-state index contributed by atoms with van der Waals surface area (Å²) in [7, 11) is 0. The lowest BCUT2D eigenvalue weighted by Gasteiger charge is -2.23. The Hall–Kier alpha value is -1.84. The van der Waals surface area contributed by atoms with Gasteiger partial charge in [-0.1, -0.05) is 19.8 Å². The molecule has 1 unspecified atom stereocenters. The van der Waals surface area contributed by atoms with Gasteiger partial charge in [0.05, 0.1) is 5.69 Å². The number of carbonyl (C=O) groups is 2. The maximum absolute atomic E-state index is 12.0. The van der Waals surface area contributed by atoms with Crippen molar-refractivity contribution >= 4 is 17.4 Å². The fourth-order valence-corrected chi connectivity index (χ4v) is 2.06. The number of hydrogen-bond donors (Lipinski definition) is 1. The highest BCUT2D eigenvalue weighted by atomic mass is 16.5. The van der Waals surface area contributed by atoms with Gasteiger partial charge in [0.1, 0.15) is 5.75 Å². The fourth-order valence-electron chi connectivity index (χ4n) is 2.06. The van der Waals surface area contributed by atoms with Gasteiger partial charge in [0.15, 0.2) is 11.9 Å². The van der Waals surface area contributed by atoms with E-state index < -0.39 is 6.10 Å². The molecule has 0 spiro atoms. The molecule has 1 atom stereocenters. The van der Waals surface area contributed by atoms with E-state index in [9.17, 15) is 9.59 Å². The second-order valence-electron chi connectivity index (χ2n) is 4.84. The number of amides is 1. The third kappa shape index (κ3) is 3.13. The van der Waals surface area contributed by atoms with Gasteiger partial charge in [0, 0.05) is 12.0 Å². The second-order valence-corrected chi connectivity index (χ2v) is 4.84. The summed E-state index contributed by atoms with van der Waals surface area (Å²) in [4.78, 5) is 23.5. The predicted molar refractivity (Wildman–Crippen MR) is 73.6 cm³/mol. The summed E-state index contributed by atoms with van der Waals surface area (Å²) < 4.78 is 5.45. The molecule has 1 aliphatic rings. The number of fused-ring (bicyclic) bond motifs is 1. The van der Waals surface area contributed by atoms with E-state index in [0.29, 0.717) is 23.4 Å². The van der Waals surface area contributed by atoms with Crippen LogP contribution in [0.4, 0.5) is 5.69 Å². The van der Waals surface area contributed by atoms with E-state index in [4.69, 9.17) is 4.74 Å². The van der Waals surface area contributed by atoms with Crippen LogP contribution >= 0.6 is 0 Å². The van der Waals surface area contributed by atoms with Crippen LogP contribution in [0.3, 0.4) is 0 Å². The molecule has 0 aliphatic carbocycles. The minimum Gasteiger partial charge on any atom is -0.479 e. The van der Waals surface area contributed by atoms with Gasteiger partial charge in [-0.2, -0.15) is 0 Å². The van der Waals surface area contributed by atoms with Gasteiger partial charge in [-0.3, -0.25) is 9.59 Å². The third-order valence-corrected chi connectivity index (χ3v) is 3.24. The van der Waals surface area contributed by atoms with Crippen molar-refractivity contribution < 1.29 is 14.3 Å². The number of benzene rings is 1. The molecule has 4 nitrogen and oxygen atoms in total. The molecule has 0 saturated carbocycles. The number of carbonyl (C=O) groups excluding carboxylic acids is 2. The Morgan fingerprint density at radius 1 is 1.37 bits per heavy atom. The molecule has 0 radical (unpaired) electrons. The van der Waals surface area contributed by atoms with E-state index in [1.54, 1.807) is 25.1 Å². The summed E-state index contributed by atoms with van der Waals surface area (Å²) in [6, 6.07) is 5.21. The van der Waals surface area contributed by atoms with E-state index in [0.717, 1.165) is 19.3 Å². The first-order valence-electron chi connectivity index (χ1n) is 6.76. The van der Waals surface area contributed by atoms with Crippen molar-refractivity contribution in [3.05, 3.63) is 23.8 Å². The number of rotatable bonds is 5. The molecule has 0 bridgehead atoms. The largest absolute Gasteiger partial charge is 0.479 e. The van der Waals surface area contributed by atoms with E-state index in [1.165, 1.54) is 0 Å². The SMILES string of the molecule is CCCCCC(=O)c1ccc2c(c1)NC(=O)C(C)O2. The van der Waals surface area contributed by atoms with E-state index >= 15 is 0 Å². The Morgan fingerprint density at radius 3 is 2.89 bits per heavy atom. The lowest BCUT2D eigenvalue weighted by atomic mass is 10.0. The lowest BCUT2D eigenvalue weighted by Crippen LogP contribution is -2.34. The molecule has 102 valence electrons. The quantitative estimate of drug-likeness (QED) is 0.654. The highest BCUT2D eigenvalue weighted by Crippen LogP contribution is 2.30. The molecule has 1 amide bonds. The predicted octanol–water partition coefficient (Wildman–Crippen LogP) is 3.17. The average molecular weight is 261 g/mol. The van der Waals surface area contributed by atoms with E-state index in [-0.39, 0.29) is 11.7 Å². The molecule has 0 saturated heterocycles. The number of hydrogen-bond acceptors (Lipinski definition) is 3. The number of nitrogens with one attached hydrogen (secondary N) is 1. The minimum atomic E-state index is -0.487. The first kappa shape index (κ1) is 13.6. The molecule has 2 rings (SSSR count). The molecule has 0 fully saturated rings. The maximum atomic E-state index is 12.0. The summed E-state index contributed by atoms with van der Waals surface area (Å²) in [5.41, 5.74) is 1.22. The van der Waals surface area contributed by atoms with Crippen molar-refractivity contribution in [2.45, 2.75) is 45.6 Å². The summed E-state index contributed by atoms with van der Waals surface area (Å²) in [5.74, 6) is 0.560. The summed E-state index contributed by atoms with van der Waals surface area (Å²) >= 11 is 0. The van der Waals surface area contributed by atoms with Gasteiger partial charge >= 0.3 is 0 Å². The van der Waals surface area contributed by atoms with Crippen LogP contribution in [0.2, 0.25) is 0 Å². The molecule has 1 aliphatic heterocycles. The van der Waals surface area contributed by atoms with Crippen LogP contribution in [0.15, 0.2) is 18.2 Å². The number of anilines is 1. The first-order chi connectivity index (χ1) is 9.11. The number of ether oxygens (including phenoxy) is 1. The van der Waals surface area contributed by atoms with Crippen molar-refractivity contribution in [1.82, 2.24) is 0 Å². The monoisotopic (exact) mass is 261 g/mol. The van der Waals surface area contributed by atoms with Crippen molar-refractivity contribution in [1.29, 1.82) is 0 Å². The molecule has 1 heterocycles. The molecule has 19 heavy (non-hydrogen) atoms. The van der Waals surface area contributed by atoms with Crippen molar-refractivity contribution in [3.8, 4) is 5.75 Å². The van der Waals surface area contributed by atoms with E-state index in [2.05, 4.69) is 12.2 Å². The van der Waals surface area contributed by atoms with Gasteiger partial charge in [-0.25, -0.2) is 0 Å². The first-order valence-corrected chi connectivity index (χ1v) is 6.76. The number of ketones is 1. The second kappa shape index (κ2) is 5.87. The van der Waals surface area contributed by atoms with Gasteiger partial charge in [0.25, 0.3) is 5.91 Å².